The fourth-order valence-electron chi connectivity index (χ4n) is 4.42. The van der Waals surface area contributed by atoms with Crippen molar-refractivity contribution in [3.8, 4) is 0 Å². The van der Waals surface area contributed by atoms with Crippen LogP contribution in [0.3, 0.4) is 0 Å². The maximum absolute atomic E-state index is 5.57. The Morgan fingerprint density at radius 3 is 2.65 bits per heavy atom. The van der Waals surface area contributed by atoms with Gasteiger partial charge in [0.25, 0.3) is 0 Å². The van der Waals surface area contributed by atoms with Crippen LogP contribution in [0.2, 0.25) is 0 Å². The van der Waals surface area contributed by atoms with E-state index in [1.165, 1.54) is 19.3 Å². The minimum Gasteiger partial charge on any atom is -0.493 e. The van der Waals surface area contributed by atoms with Crippen molar-refractivity contribution < 1.29 is 9.47 Å². The fourth-order valence-corrected chi connectivity index (χ4v) is 4.42. The number of fused-ring (bicyclic) bond motifs is 2. The fraction of sp³-hybridized carbons (Fsp3) is 0.556. The first kappa shape index (κ1) is 13.5. The molecule has 0 aromatic heterocycles. The van der Waals surface area contributed by atoms with Crippen molar-refractivity contribution in [2.75, 3.05) is 14.2 Å². The maximum Gasteiger partial charge on any atom is 0.157 e. The molecular weight excluding hydrogens is 248 g/mol. The third-order valence-corrected chi connectivity index (χ3v) is 5.52. The van der Waals surface area contributed by atoms with E-state index in [2.05, 4.69) is 37.0 Å². The first-order chi connectivity index (χ1) is 9.68. The highest BCUT2D eigenvalue weighted by Gasteiger charge is 2.54. The summed E-state index contributed by atoms with van der Waals surface area (Å²) in [5.41, 5.74) is 0.384. The summed E-state index contributed by atoms with van der Waals surface area (Å²) in [6, 6.07) is 0. The third kappa shape index (κ3) is 1.77. The van der Waals surface area contributed by atoms with E-state index in [9.17, 15) is 0 Å². The van der Waals surface area contributed by atoms with E-state index in [1.54, 1.807) is 14.2 Å². The molecule has 3 rings (SSSR count). The third-order valence-electron chi connectivity index (χ3n) is 5.52. The van der Waals surface area contributed by atoms with E-state index in [4.69, 9.17) is 9.47 Å². The molecule has 3 unspecified atom stereocenters. The predicted octanol–water partition coefficient (Wildman–Crippen LogP) is 4.37. The van der Waals surface area contributed by atoms with Crippen molar-refractivity contribution in [2.24, 2.45) is 16.7 Å². The van der Waals surface area contributed by atoms with Crippen molar-refractivity contribution in [1.29, 1.82) is 0 Å². The van der Waals surface area contributed by atoms with Crippen LogP contribution in [-0.2, 0) is 9.47 Å². The van der Waals surface area contributed by atoms with Gasteiger partial charge in [0.1, 0.15) is 0 Å². The molecule has 2 heteroatoms. The van der Waals surface area contributed by atoms with E-state index in [0.717, 1.165) is 30.3 Å². The number of hydrogen-bond donors (Lipinski definition) is 0. The molecule has 108 valence electrons. The molecule has 0 aromatic carbocycles. The molecule has 1 saturated carbocycles. The van der Waals surface area contributed by atoms with E-state index in [0.29, 0.717) is 0 Å². The molecule has 0 spiro atoms. The zero-order valence-corrected chi connectivity index (χ0v) is 12.5. The van der Waals surface area contributed by atoms with Crippen LogP contribution in [0.15, 0.2) is 48.5 Å². The number of allylic oxidation sites excluding steroid dienone is 5. The smallest absolute Gasteiger partial charge is 0.157 e. The molecule has 0 heterocycles. The van der Waals surface area contributed by atoms with Crippen LogP contribution in [0.25, 0.3) is 0 Å². The van der Waals surface area contributed by atoms with Gasteiger partial charge < -0.3 is 9.47 Å². The second-order valence-corrected chi connectivity index (χ2v) is 6.36. The van der Waals surface area contributed by atoms with Gasteiger partial charge in [-0.25, -0.2) is 0 Å². The van der Waals surface area contributed by atoms with Gasteiger partial charge in [-0.2, -0.15) is 0 Å². The molecule has 0 N–H and O–H groups in total. The highest BCUT2D eigenvalue weighted by molar-refractivity contribution is 5.35. The molecule has 1 fully saturated rings. The van der Waals surface area contributed by atoms with Gasteiger partial charge in [0, 0.05) is 5.41 Å². The molecular formula is C18H24O2. The van der Waals surface area contributed by atoms with Crippen LogP contribution in [0.1, 0.15) is 32.1 Å². The zero-order valence-electron chi connectivity index (χ0n) is 12.5. The number of ether oxygens (including phenoxy) is 2. The Bertz CT molecular complexity index is 500. The van der Waals surface area contributed by atoms with Gasteiger partial charge in [0.2, 0.25) is 0 Å². The minimum atomic E-state index is 0.101. The molecule has 2 nitrogen and oxygen atoms in total. The molecule has 0 saturated heterocycles. The molecule has 0 amide bonds. The molecule has 3 aliphatic carbocycles. The highest BCUT2D eigenvalue weighted by atomic mass is 16.5. The second kappa shape index (κ2) is 4.83. The van der Waals surface area contributed by atoms with Gasteiger partial charge in [-0.1, -0.05) is 18.2 Å². The largest absolute Gasteiger partial charge is 0.493 e. The van der Waals surface area contributed by atoms with Gasteiger partial charge in [-0.3, -0.25) is 0 Å². The van der Waals surface area contributed by atoms with E-state index >= 15 is 0 Å². The van der Waals surface area contributed by atoms with Crippen molar-refractivity contribution in [1.82, 2.24) is 0 Å². The van der Waals surface area contributed by atoms with Gasteiger partial charge in [-0.15, -0.1) is 6.58 Å². The normalized spacial score (nSPS) is 38.4. The minimum absolute atomic E-state index is 0.101. The van der Waals surface area contributed by atoms with Crippen molar-refractivity contribution in [3.05, 3.63) is 48.5 Å². The highest BCUT2D eigenvalue weighted by Crippen LogP contribution is 2.63. The molecule has 2 bridgehead atoms. The standard InChI is InChI=1S/C18H24O2/c1-4-8-17(18-9-5-14(12-18)6-10-18)11-7-15(19-2)16(13-17)20-3/h4-5,7,9,13-14H,1,6,8,10-12H2,2-3H3. The van der Waals surface area contributed by atoms with Crippen LogP contribution in [-0.4, -0.2) is 14.2 Å². The maximum atomic E-state index is 5.57. The number of hydrogen-bond acceptors (Lipinski definition) is 2. The number of rotatable bonds is 5. The lowest BCUT2D eigenvalue weighted by Crippen LogP contribution is -2.38. The Balaban J connectivity index is 2.02. The molecule has 0 radical (unpaired) electrons. The van der Waals surface area contributed by atoms with Gasteiger partial charge in [-0.05, 0) is 55.6 Å². The van der Waals surface area contributed by atoms with E-state index in [-0.39, 0.29) is 10.8 Å². The van der Waals surface area contributed by atoms with Crippen LogP contribution >= 0.6 is 0 Å². The molecule has 0 aliphatic heterocycles. The van der Waals surface area contributed by atoms with Crippen molar-refractivity contribution >= 4 is 0 Å². The molecule has 0 aromatic rings. The second-order valence-electron chi connectivity index (χ2n) is 6.36. The lowest BCUT2D eigenvalue weighted by molar-refractivity contribution is 0.126. The number of methoxy groups -OCH3 is 2. The predicted molar refractivity (Wildman–Crippen MR) is 81.0 cm³/mol. The van der Waals surface area contributed by atoms with Crippen LogP contribution in [0.5, 0.6) is 0 Å². The average molecular weight is 272 g/mol. The van der Waals surface area contributed by atoms with Gasteiger partial charge in [0.15, 0.2) is 11.5 Å². The molecule has 3 aliphatic rings. The molecule has 20 heavy (non-hydrogen) atoms. The summed E-state index contributed by atoms with van der Waals surface area (Å²) in [5, 5.41) is 0. The lowest BCUT2D eigenvalue weighted by Gasteiger charge is -2.46. The average Bonchev–Trinajstić information content (AvgIpc) is 3.09. The van der Waals surface area contributed by atoms with Gasteiger partial charge >= 0.3 is 0 Å². The summed E-state index contributed by atoms with van der Waals surface area (Å²) in [5.74, 6) is 2.52. The summed E-state index contributed by atoms with van der Waals surface area (Å²) < 4.78 is 11.0. The summed E-state index contributed by atoms with van der Waals surface area (Å²) in [4.78, 5) is 0. The lowest BCUT2D eigenvalue weighted by atomic mass is 9.58. The molecule has 3 atom stereocenters. The van der Waals surface area contributed by atoms with E-state index < -0.39 is 0 Å². The summed E-state index contributed by atoms with van der Waals surface area (Å²) in [6.45, 7) is 3.99. The summed E-state index contributed by atoms with van der Waals surface area (Å²) >= 11 is 0. The summed E-state index contributed by atoms with van der Waals surface area (Å²) in [6.07, 6.45) is 17.3. The Morgan fingerprint density at radius 1 is 1.35 bits per heavy atom. The Hall–Kier alpha value is -1.44. The SMILES string of the molecule is C=CCC1(C23C=CC(CC2)C3)C=C(OC)C(OC)=CC1. The first-order valence-corrected chi connectivity index (χ1v) is 7.50. The van der Waals surface area contributed by atoms with Gasteiger partial charge in [0.05, 0.1) is 14.2 Å². The van der Waals surface area contributed by atoms with Crippen molar-refractivity contribution in [3.63, 3.8) is 0 Å². The van der Waals surface area contributed by atoms with Crippen LogP contribution in [0, 0.1) is 16.7 Å². The monoisotopic (exact) mass is 272 g/mol. The van der Waals surface area contributed by atoms with Crippen LogP contribution < -0.4 is 0 Å². The first-order valence-electron chi connectivity index (χ1n) is 7.50. The Morgan fingerprint density at radius 2 is 2.15 bits per heavy atom. The zero-order chi connectivity index (χ0) is 14.2. The topological polar surface area (TPSA) is 18.5 Å². The summed E-state index contributed by atoms with van der Waals surface area (Å²) in [7, 11) is 3.43. The van der Waals surface area contributed by atoms with Crippen LogP contribution in [0.4, 0.5) is 0 Å². The van der Waals surface area contributed by atoms with Crippen molar-refractivity contribution in [2.45, 2.75) is 32.1 Å². The quantitative estimate of drug-likeness (QED) is 0.692. The Labute approximate surface area is 121 Å². The van der Waals surface area contributed by atoms with E-state index in [1.807, 2.05) is 0 Å². The Kier molecular flexibility index (Phi) is 3.27.